The van der Waals surface area contributed by atoms with Gasteiger partial charge >= 0.3 is 6.03 Å². The molecular weight excluding hydrogens is 432 g/mol. The van der Waals surface area contributed by atoms with Crippen LogP contribution < -0.4 is 21.4 Å². The molecule has 1 aromatic carbocycles. The molecule has 0 aliphatic carbocycles. The molecule has 0 radical (unpaired) electrons. The van der Waals surface area contributed by atoms with Crippen molar-refractivity contribution in [1.82, 2.24) is 25.3 Å². The molecule has 4 heterocycles. The number of benzene rings is 1. The molecule has 10 nitrogen and oxygen atoms in total. The van der Waals surface area contributed by atoms with Crippen LogP contribution in [0, 0.1) is 5.92 Å². The average molecular weight is 463 g/mol. The van der Waals surface area contributed by atoms with Gasteiger partial charge in [0, 0.05) is 56.4 Å². The fourth-order valence-corrected chi connectivity index (χ4v) is 4.57. The number of primary amides is 1. The molecule has 0 spiro atoms. The number of urea groups is 1. The lowest BCUT2D eigenvalue weighted by molar-refractivity contribution is 0.0497. The minimum atomic E-state index is -0.486. The van der Waals surface area contributed by atoms with E-state index in [1.165, 1.54) is 0 Å². The van der Waals surface area contributed by atoms with Crippen molar-refractivity contribution in [3.8, 4) is 11.3 Å². The lowest BCUT2D eigenvalue weighted by Crippen LogP contribution is -2.42. The van der Waals surface area contributed by atoms with E-state index >= 15 is 0 Å². The third-order valence-corrected chi connectivity index (χ3v) is 6.30. The van der Waals surface area contributed by atoms with Crippen LogP contribution >= 0.6 is 0 Å². The van der Waals surface area contributed by atoms with Crippen LogP contribution in [0.25, 0.3) is 22.3 Å². The van der Waals surface area contributed by atoms with Gasteiger partial charge in [-0.3, -0.25) is 4.98 Å². The van der Waals surface area contributed by atoms with Crippen LogP contribution in [0.1, 0.15) is 12.8 Å². The van der Waals surface area contributed by atoms with Gasteiger partial charge in [0.25, 0.3) is 0 Å². The maximum absolute atomic E-state index is 11.2. The van der Waals surface area contributed by atoms with Crippen LogP contribution in [-0.2, 0) is 4.74 Å². The SMILES string of the molecule is NC(=O)NC[C@@H]1CCCN(c2nc(-c3ccc(NN4CCOCC4)cc3)cc3nccnc23)C1. The van der Waals surface area contributed by atoms with Gasteiger partial charge in [0.05, 0.1) is 24.4 Å². The molecule has 0 saturated carbocycles. The van der Waals surface area contributed by atoms with Crippen molar-refractivity contribution in [1.29, 1.82) is 0 Å². The topological polar surface area (TPSA) is 122 Å². The Morgan fingerprint density at radius 1 is 1.12 bits per heavy atom. The summed E-state index contributed by atoms with van der Waals surface area (Å²) in [5, 5.41) is 4.91. The third kappa shape index (κ3) is 5.18. The van der Waals surface area contributed by atoms with Crippen molar-refractivity contribution < 1.29 is 9.53 Å². The fraction of sp³-hybridized carbons (Fsp3) is 0.417. The fourth-order valence-electron chi connectivity index (χ4n) is 4.57. The first-order valence-electron chi connectivity index (χ1n) is 11.8. The molecule has 2 aliphatic rings. The minimum Gasteiger partial charge on any atom is -0.379 e. The number of ether oxygens (including phenoxy) is 1. The molecule has 10 heteroatoms. The number of nitrogens with two attached hydrogens (primary N) is 1. The summed E-state index contributed by atoms with van der Waals surface area (Å²) in [4.78, 5) is 27.6. The first-order chi connectivity index (χ1) is 16.7. The van der Waals surface area contributed by atoms with E-state index < -0.39 is 6.03 Å². The van der Waals surface area contributed by atoms with E-state index in [0.29, 0.717) is 12.5 Å². The zero-order valence-corrected chi connectivity index (χ0v) is 19.1. The Morgan fingerprint density at radius 2 is 1.91 bits per heavy atom. The predicted molar refractivity (Wildman–Crippen MR) is 131 cm³/mol. The van der Waals surface area contributed by atoms with Gasteiger partial charge in [-0.15, -0.1) is 0 Å². The highest BCUT2D eigenvalue weighted by Crippen LogP contribution is 2.31. The van der Waals surface area contributed by atoms with Crippen LogP contribution in [0.2, 0.25) is 0 Å². The quantitative estimate of drug-likeness (QED) is 0.510. The molecule has 1 atom stereocenters. The average Bonchev–Trinajstić information content (AvgIpc) is 2.88. The molecule has 2 aliphatic heterocycles. The van der Waals surface area contributed by atoms with E-state index in [-0.39, 0.29) is 0 Å². The second kappa shape index (κ2) is 10.2. The number of hydrogen-bond acceptors (Lipinski definition) is 8. The van der Waals surface area contributed by atoms with E-state index in [1.807, 2.05) is 6.07 Å². The van der Waals surface area contributed by atoms with Crippen molar-refractivity contribution in [3.63, 3.8) is 0 Å². The molecule has 0 unspecified atom stereocenters. The summed E-state index contributed by atoms with van der Waals surface area (Å²) in [5.74, 6) is 1.14. The van der Waals surface area contributed by atoms with E-state index in [0.717, 1.165) is 86.0 Å². The summed E-state index contributed by atoms with van der Waals surface area (Å²) in [7, 11) is 0. The summed E-state index contributed by atoms with van der Waals surface area (Å²) in [6.07, 6.45) is 5.47. The number of fused-ring (bicyclic) bond motifs is 1. The number of aromatic nitrogens is 3. The normalized spacial score (nSPS) is 19.2. The van der Waals surface area contributed by atoms with Gasteiger partial charge in [0.15, 0.2) is 5.82 Å². The standard InChI is InChI=1S/C24H30N8O2/c25-24(33)28-15-17-2-1-9-31(16-17)23-22-21(26-7-8-27-22)14-20(29-23)18-3-5-19(6-4-18)30-32-10-12-34-13-11-32/h3-8,14,17,30H,1-2,9-13,15-16H2,(H3,25,28,33)/t17-/m0/s1. The number of anilines is 2. The number of nitrogens with one attached hydrogen (secondary N) is 2. The molecule has 5 rings (SSSR count). The molecule has 2 amide bonds. The first-order valence-corrected chi connectivity index (χ1v) is 11.8. The highest BCUT2D eigenvalue weighted by Gasteiger charge is 2.24. The number of amides is 2. The highest BCUT2D eigenvalue weighted by molar-refractivity contribution is 5.89. The molecular formula is C24H30N8O2. The Labute approximate surface area is 198 Å². The predicted octanol–water partition coefficient (Wildman–Crippen LogP) is 2.24. The molecule has 2 saturated heterocycles. The lowest BCUT2D eigenvalue weighted by atomic mass is 9.98. The summed E-state index contributed by atoms with van der Waals surface area (Å²) < 4.78 is 5.41. The molecule has 2 fully saturated rings. The zero-order chi connectivity index (χ0) is 23.3. The molecule has 178 valence electrons. The molecule has 2 aromatic heterocycles. The van der Waals surface area contributed by atoms with Crippen LogP contribution in [0.4, 0.5) is 16.3 Å². The first kappa shape index (κ1) is 22.3. The summed E-state index contributed by atoms with van der Waals surface area (Å²) in [5.41, 5.74) is 13.2. The van der Waals surface area contributed by atoms with Crippen LogP contribution in [0.15, 0.2) is 42.7 Å². The van der Waals surface area contributed by atoms with E-state index in [9.17, 15) is 4.79 Å². The minimum absolute atomic E-state index is 0.309. The van der Waals surface area contributed by atoms with E-state index in [2.05, 4.69) is 54.9 Å². The van der Waals surface area contributed by atoms with Crippen LogP contribution in [0.5, 0.6) is 0 Å². The van der Waals surface area contributed by atoms with E-state index in [1.54, 1.807) is 12.4 Å². The number of carbonyl (C=O) groups excluding carboxylic acids is 1. The van der Waals surface area contributed by atoms with Crippen molar-refractivity contribution in [2.75, 3.05) is 56.3 Å². The molecule has 3 aromatic rings. The van der Waals surface area contributed by atoms with E-state index in [4.69, 9.17) is 15.5 Å². The largest absolute Gasteiger partial charge is 0.379 e. The number of morpholine rings is 1. The smallest absolute Gasteiger partial charge is 0.312 e. The van der Waals surface area contributed by atoms with Gasteiger partial charge in [-0.1, -0.05) is 12.1 Å². The zero-order valence-electron chi connectivity index (χ0n) is 19.1. The van der Waals surface area contributed by atoms with Gasteiger partial charge in [-0.05, 0) is 37.0 Å². The lowest BCUT2D eigenvalue weighted by Gasteiger charge is -2.34. The number of hydrazine groups is 1. The van der Waals surface area contributed by atoms with Crippen molar-refractivity contribution in [2.45, 2.75) is 12.8 Å². The number of rotatable bonds is 6. The van der Waals surface area contributed by atoms with Crippen molar-refractivity contribution in [3.05, 3.63) is 42.7 Å². The second-order valence-corrected chi connectivity index (χ2v) is 8.74. The van der Waals surface area contributed by atoms with Gasteiger partial charge in [-0.25, -0.2) is 19.8 Å². The van der Waals surface area contributed by atoms with Crippen molar-refractivity contribution in [2.24, 2.45) is 11.7 Å². The number of piperidine rings is 1. The second-order valence-electron chi connectivity index (χ2n) is 8.74. The van der Waals surface area contributed by atoms with Gasteiger partial charge in [-0.2, -0.15) is 0 Å². The van der Waals surface area contributed by atoms with Gasteiger partial charge < -0.3 is 26.1 Å². The number of nitrogens with zero attached hydrogens (tertiary/aromatic N) is 5. The monoisotopic (exact) mass is 462 g/mol. The Hall–Kier alpha value is -3.50. The summed E-state index contributed by atoms with van der Waals surface area (Å²) >= 11 is 0. The molecule has 0 bridgehead atoms. The molecule has 4 N–H and O–H groups in total. The number of hydrogen-bond donors (Lipinski definition) is 3. The highest BCUT2D eigenvalue weighted by atomic mass is 16.5. The third-order valence-electron chi connectivity index (χ3n) is 6.30. The maximum Gasteiger partial charge on any atom is 0.312 e. The van der Waals surface area contributed by atoms with Crippen LogP contribution in [-0.4, -0.2) is 71.9 Å². The maximum atomic E-state index is 11.2. The van der Waals surface area contributed by atoms with Crippen LogP contribution in [0.3, 0.4) is 0 Å². The van der Waals surface area contributed by atoms with Crippen molar-refractivity contribution >= 4 is 28.6 Å². The summed E-state index contributed by atoms with van der Waals surface area (Å²) in [6.45, 7) is 5.44. The Morgan fingerprint density at radius 3 is 2.71 bits per heavy atom. The summed E-state index contributed by atoms with van der Waals surface area (Å²) in [6, 6.07) is 9.80. The molecule has 34 heavy (non-hydrogen) atoms. The van der Waals surface area contributed by atoms with Gasteiger partial charge in [0.2, 0.25) is 0 Å². The number of pyridine rings is 1. The Balaban J connectivity index is 1.40. The van der Waals surface area contributed by atoms with Gasteiger partial charge in [0.1, 0.15) is 5.52 Å². The Bertz CT molecular complexity index is 1130. The number of carbonyl (C=O) groups is 1. The Kier molecular flexibility index (Phi) is 6.68.